The Morgan fingerprint density at radius 2 is 1.84 bits per heavy atom. The van der Waals surface area contributed by atoms with Gasteiger partial charge in [-0.3, -0.25) is 9.59 Å². The van der Waals surface area contributed by atoms with Crippen LogP contribution in [0.2, 0.25) is 0 Å². The van der Waals surface area contributed by atoms with Crippen LogP contribution in [0.5, 0.6) is 0 Å². The number of nitrogens with two attached hydrogens (primary N) is 1. The van der Waals surface area contributed by atoms with Gasteiger partial charge in [-0.2, -0.15) is 0 Å². The normalized spacial score (nSPS) is 10.9. The first-order valence-corrected chi connectivity index (χ1v) is 11.8. The third-order valence-electron chi connectivity index (χ3n) is 4.75. The van der Waals surface area contributed by atoms with E-state index in [2.05, 4.69) is 39.6 Å². The van der Waals surface area contributed by atoms with Crippen LogP contribution in [-0.4, -0.2) is 53.1 Å². The molecule has 0 aliphatic rings. The molecule has 164 valence electrons. The standard InChI is InChI=1S/C21H26N6O2S2/c1-3-27(4-2)11-5-10-23-19(29)14-6-8-16(9-7-14)24-21-26-25-20(31-21)17-12-15(13-30-17)18(22)28/h6-9,12-13H,3-5,10-11H2,1-2H3,(H2,22,28)(H,23,29)(H,24,26). The molecule has 0 saturated carbocycles. The van der Waals surface area contributed by atoms with Crippen molar-refractivity contribution in [3.8, 4) is 9.88 Å². The Labute approximate surface area is 189 Å². The van der Waals surface area contributed by atoms with Gasteiger partial charge in [-0.25, -0.2) is 0 Å². The summed E-state index contributed by atoms with van der Waals surface area (Å²) in [6.07, 6.45) is 0.928. The number of benzene rings is 1. The lowest BCUT2D eigenvalue weighted by Gasteiger charge is -2.17. The molecule has 0 aliphatic heterocycles. The van der Waals surface area contributed by atoms with Crippen molar-refractivity contribution in [1.82, 2.24) is 20.4 Å². The van der Waals surface area contributed by atoms with Gasteiger partial charge in [0.05, 0.1) is 10.4 Å². The van der Waals surface area contributed by atoms with Crippen LogP contribution in [0.4, 0.5) is 10.8 Å². The zero-order valence-electron chi connectivity index (χ0n) is 17.6. The van der Waals surface area contributed by atoms with Crippen LogP contribution < -0.4 is 16.4 Å². The quantitative estimate of drug-likeness (QED) is 0.379. The van der Waals surface area contributed by atoms with Crippen LogP contribution in [0.25, 0.3) is 9.88 Å². The van der Waals surface area contributed by atoms with Crippen molar-refractivity contribution in [3.63, 3.8) is 0 Å². The predicted molar refractivity (Wildman–Crippen MR) is 126 cm³/mol. The van der Waals surface area contributed by atoms with Gasteiger partial charge < -0.3 is 21.3 Å². The predicted octanol–water partition coefficient (Wildman–Crippen LogP) is 3.57. The van der Waals surface area contributed by atoms with Gasteiger partial charge in [0.15, 0.2) is 5.01 Å². The van der Waals surface area contributed by atoms with E-state index in [1.54, 1.807) is 23.6 Å². The van der Waals surface area contributed by atoms with E-state index >= 15 is 0 Å². The Balaban J connectivity index is 1.52. The summed E-state index contributed by atoms with van der Waals surface area (Å²) in [4.78, 5) is 26.7. The number of nitrogens with zero attached hydrogens (tertiary/aromatic N) is 3. The first kappa shape index (κ1) is 22.9. The number of aromatic nitrogens is 2. The van der Waals surface area contributed by atoms with Gasteiger partial charge in [0.2, 0.25) is 11.0 Å². The average molecular weight is 459 g/mol. The molecule has 0 spiro atoms. The molecule has 0 radical (unpaired) electrons. The molecule has 1 aromatic carbocycles. The summed E-state index contributed by atoms with van der Waals surface area (Å²) in [5.41, 5.74) is 7.18. The van der Waals surface area contributed by atoms with E-state index in [0.717, 1.165) is 36.6 Å². The first-order valence-electron chi connectivity index (χ1n) is 10.1. The lowest BCUT2D eigenvalue weighted by atomic mass is 10.2. The Hall–Kier alpha value is -2.82. The van der Waals surface area contributed by atoms with Gasteiger partial charge in [-0.15, -0.1) is 21.5 Å². The molecule has 31 heavy (non-hydrogen) atoms. The zero-order valence-corrected chi connectivity index (χ0v) is 19.2. The van der Waals surface area contributed by atoms with Crippen molar-refractivity contribution in [2.45, 2.75) is 20.3 Å². The molecule has 2 amide bonds. The second kappa shape index (κ2) is 11.0. The van der Waals surface area contributed by atoms with Crippen molar-refractivity contribution in [2.24, 2.45) is 5.73 Å². The van der Waals surface area contributed by atoms with E-state index < -0.39 is 5.91 Å². The number of primary amides is 1. The molecule has 10 heteroatoms. The molecule has 0 saturated heterocycles. The van der Waals surface area contributed by atoms with Crippen molar-refractivity contribution in [3.05, 3.63) is 46.8 Å². The summed E-state index contributed by atoms with van der Waals surface area (Å²) in [6, 6.07) is 8.95. The average Bonchev–Trinajstić information content (AvgIpc) is 3.44. The minimum Gasteiger partial charge on any atom is -0.366 e. The third-order valence-corrected chi connectivity index (χ3v) is 6.69. The number of carbonyl (C=O) groups excluding carboxylic acids is 2. The number of rotatable bonds is 11. The number of anilines is 2. The van der Waals surface area contributed by atoms with Gasteiger partial charge in [-0.05, 0) is 56.4 Å². The van der Waals surface area contributed by atoms with Gasteiger partial charge >= 0.3 is 0 Å². The molecule has 3 aromatic rings. The Morgan fingerprint density at radius 1 is 1.10 bits per heavy atom. The molecule has 0 unspecified atom stereocenters. The molecular formula is C21H26N6O2S2. The van der Waals surface area contributed by atoms with Gasteiger partial charge in [0.1, 0.15) is 0 Å². The van der Waals surface area contributed by atoms with Gasteiger partial charge in [0, 0.05) is 23.2 Å². The number of carbonyl (C=O) groups is 2. The van der Waals surface area contributed by atoms with E-state index in [9.17, 15) is 9.59 Å². The fraction of sp³-hybridized carbons (Fsp3) is 0.333. The minimum atomic E-state index is -0.460. The van der Waals surface area contributed by atoms with E-state index in [1.807, 2.05) is 12.1 Å². The third kappa shape index (κ3) is 6.33. The largest absolute Gasteiger partial charge is 0.366 e. The highest BCUT2D eigenvalue weighted by Crippen LogP contribution is 2.32. The summed E-state index contributed by atoms with van der Waals surface area (Å²) >= 11 is 2.78. The van der Waals surface area contributed by atoms with Crippen LogP contribution in [0.15, 0.2) is 35.7 Å². The van der Waals surface area contributed by atoms with Crippen LogP contribution in [-0.2, 0) is 0 Å². The van der Waals surface area contributed by atoms with Gasteiger partial charge in [0.25, 0.3) is 5.91 Å². The van der Waals surface area contributed by atoms with E-state index in [-0.39, 0.29) is 5.91 Å². The topological polar surface area (TPSA) is 113 Å². The Morgan fingerprint density at radius 3 is 2.48 bits per heavy atom. The lowest BCUT2D eigenvalue weighted by Crippen LogP contribution is -2.29. The molecule has 0 aliphatic carbocycles. The molecule has 8 nitrogen and oxygen atoms in total. The number of thiophene rings is 1. The van der Waals surface area contributed by atoms with E-state index in [4.69, 9.17) is 5.73 Å². The molecular weight excluding hydrogens is 432 g/mol. The maximum Gasteiger partial charge on any atom is 0.251 e. The fourth-order valence-corrected chi connectivity index (χ4v) is 4.64. The highest BCUT2D eigenvalue weighted by molar-refractivity contribution is 7.23. The summed E-state index contributed by atoms with van der Waals surface area (Å²) < 4.78 is 0. The number of hydrogen-bond donors (Lipinski definition) is 3. The maximum absolute atomic E-state index is 12.3. The van der Waals surface area contributed by atoms with Crippen LogP contribution in [0.3, 0.4) is 0 Å². The molecule has 2 heterocycles. The molecule has 2 aromatic heterocycles. The smallest absolute Gasteiger partial charge is 0.251 e. The second-order valence-electron chi connectivity index (χ2n) is 6.81. The minimum absolute atomic E-state index is 0.0766. The van der Waals surface area contributed by atoms with Crippen molar-refractivity contribution in [1.29, 1.82) is 0 Å². The monoisotopic (exact) mass is 458 g/mol. The van der Waals surface area contributed by atoms with Crippen molar-refractivity contribution in [2.75, 3.05) is 31.5 Å². The SMILES string of the molecule is CCN(CC)CCCNC(=O)c1ccc(Nc2nnc(-c3cc(C(N)=O)cs3)s2)cc1. The molecule has 4 N–H and O–H groups in total. The molecule has 3 rings (SSSR count). The van der Waals surface area contributed by atoms with Crippen LogP contribution >= 0.6 is 22.7 Å². The van der Waals surface area contributed by atoms with Gasteiger partial charge in [-0.1, -0.05) is 25.2 Å². The summed E-state index contributed by atoms with van der Waals surface area (Å²) in [5, 5.41) is 17.5. The summed E-state index contributed by atoms with van der Waals surface area (Å²) in [5.74, 6) is -0.536. The Bertz CT molecular complexity index is 1010. The highest BCUT2D eigenvalue weighted by Gasteiger charge is 2.12. The van der Waals surface area contributed by atoms with E-state index in [0.29, 0.717) is 27.8 Å². The number of amides is 2. The number of nitrogens with one attached hydrogen (secondary N) is 2. The maximum atomic E-state index is 12.3. The van der Waals surface area contributed by atoms with Crippen LogP contribution in [0.1, 0.15) is 41.0 Å². The fourth-order valence-electron chi connectivity index (χ4n) is 2.93. The summed E-state index contributed by atoms with van der Waals surface area (Å²) in [6.45, 7) is 7.97. The molecule has 0 bridgehead atoms. The van der Waals surface area contributed by atoms with Crippen LogP contribution in [0, 0.1) is 0 Å². The number of hydrogen-bond acceptors (Lipinski definition) is 8. The highest BCUT2D eigenvalue weighted by atomic mass is 32.1. The first-order chi connectivity index (χ1) is 15.0. The van der Waals surface area contributed by atoms with E-state index in [1.165, 1.54) is 22.7 Å². The zero-order chi connectivity index (χ0) is 22.2. The second-order valence-corrected chi connectivity index (χ2v) is 8.70. The summed E-state index contributed by atoms with van der Waals surface area (Å²) in [7, 11) is 0. The lowest BCUT2D eigenvalue weighted by molar-refractivity contribution is 0.0950. The van der Waals surface area contributed by atoms with Crippen molar-refractivity contribution < 1.29 is 9.59 Å². The molecule has 0 atom stereocenters. The molecule has 0 fully saturated rings. The van der Waals surface area contributed by atoms with Crippen molar-refractivity contribution >= 4 is 45.3 Å². The Kier molecular flexibility index (Phi) is 8.10.